The van der Waals surface area contributed by atoms with Crippen molar-refractivity contribution in [1.29, 1.82) is 0 Å². The van der Waals surface area contributed by atoms with Crippen LogP contribution in [-0.4, -0.2) is 51.3 Å². The van der Waals surface area contributed by atoms with Crippen molar-refractivity contribution in [2.24, 2.45) is 17.8 Å². The molecule has 1 fully saturated rings. The topological polar surface area (TPSA) is 111 Å². The zero-order chi connectivity index (χ0) is 24.8. The van der Waals surface area contributed by atoms with E-state index in [1.165, 1.54) is 4.90 Å². The Kier molecular flexibility index (Phi) is 9.28. The minimum absolute atomic E-state index is 0.136. The van der Waals surface area contributed by atoms with Crippen molar-refractivity contribution in [2.45, 2.75) is 78.4 Å². The molecule has 188 valence electrons. The highest BCUT2D eigenvalue weighted by Crippen LogP contribution is 2.47. The first-order chi connectivity index (χ1) is 16.4. The first-order valence-electron chi connectivity index (χ1n) is 12.6. The van der Waals surface area contributed by atoms with Crippen molar-refractivity contribution in [3.8, 4) is 0 Å². The van der Waals surface area contributed by atoms with Gasteiger partial charge in [-0.25, -0.2) is 0 Å². The molecule has 1 aliphatic carbocycles. The Balaban J connectivity index is 1.81. The molecule has 7 nitrogen and oxygen atoms in total. The Bertz CT molecular complexity index is 929. The van der Waals surface area contributed by atoms with E-state index < -0.39 is 23.9 Å². The highest BCUT2D eigenvalue weighted by molar-refractivity contribution is 6.05. The molecule has 0 aromatic carbocycles. The largest absolute Gasteiger partial charge is 0.459 e. The molecule has 0 bridgehead atoms. The van der Waals surface area contributed by atoms with Gasteiger partial charge in [0.25, 0.3) is 0 Å². The Labute approximate surface area is 202 Å². The summed E-state index contributed by atoms with van der Waals surface area (Å²) in [6.07, 6.45) is 5.94. The van der Waals surface area contributed by atoms with Gasteiger partial charge in [0, 0.05) is 12.5 Å². The quantitative estimate of drug-likeness (QED) is 0.314. The summed E-state index contributed by atoms with van der Waals surface area (Å²) in [5, 5.41) is 30.8. The van der Waals surface area contributed by atoms with Gasteiger partial charge in [0.1, 0.15) is 18.1 Å². The van der Waals surface area contributed by atoms with Crippen LogP contribution in [0.25, 0.3) is 6.08 Å². The number of aliphatic hydroxyl groups excluding tert-OH is 3. The standard InChI is InChI=1S/C27H39NO6/c1-4-7-17(13-19-9-10-20(15-29)34-19)8-11-23(31)24-18(6-3)14-21-25(22(24)16-30)27(33)28(12-5-2)26(21)32/h9-10,13,21-23,25,29-31H,4-8,11-12,14-16H2,1-3H3/b17-13+/t21-,22+,23-,25-/m1/s1. The maximum absolute atomic E-state index is 13.1. The first kappa shape index (κ1) is 26.4. The molecule has 7 heteroatoms. The summed E-state index contributed by atoms with van der Waals surface area (Å²) in [7, 11) is 0. The van der Waals surface area contributed by atoms with Crippen LogP contribution in [0.5, 0.6) is 0 Å². The number of fused-ring (bicyclic) bond motifs is 1. The van der Waals surface area contributed by atoms with Crippen molar-refractivity contribution in [3.05, 3.63) is 40.4 Å². The number of amides is 2. The molecule has 1 aliphatic heterocycles. The lowest BCUT2D eigenvalue weighted by molar-refractivity contribution is -0.140. The molecule has 0 radical (unpaired) electrons. The van der Waals surface area contributed by atoms with E-state index in [2.05, 4.69) is 6.92 Å². The zero-order valence-electron chi connectivity index (χ0n) is 20.6. The third kappa shape index (κ3) is 5.37. The Morgan fingerprint density at radius 2 is 1.91 bits per heavy atom. The van der Waals surface area contributed by atoms with Crippen molar-refractivity contribution in [2.75, 3.05) is 13.2 Å². The number of likely N-dealkylation sites (tertiary alicyclic amines) is 1. The van der Waals surface area contributed by atoms with Gasteiger partial charge in [-0.05, 0) is 62.3 Å². The van der Waals surface area contributed by atoms with Gasteiger partial charge in [0.05, 0.1) is 24.5 Å². The number of hydrogen-bond donors (Lipinski definition) is 3. The van der Waals surface area contributed by atoms with Crippen LogP contribution in [0.15, 0.2) is 33.3 Å². The average Bonchev–Trinajstić information content (AvgIpc) is 3.39. The van der Waals surface area contributed by atoms with Gasteiger partial charge < -0.3 is 19.7 Å². The molecule has 2 heterocycles. The Morgan fingerprint density at radius 1 is 1.15 bits per heavy atom. The van der Waals surface area contributed by atoms with Gasteiger partial charge in [-0.2, -0.15) is 0 Å². The number of allylic oxidation sites excluding steroid dienone is 2. The molecule has 4 atom stereocenters. The van der Waals surface area contributed by atoms with Crippen LogP contribution in [0, 0.1) is 17.8 Å². The van der Waals surface area contributed by atoms with Crippen LogP contribution < -0.4 is 0 Å². The molecule has 2 amide bonds. The summed E-state index contributed by atoms with van der Waals surface area (Å²) in [5.74, 6) is -0.709. The number of carbonyl (C=O) groups is 2. The van der Waals surface area contributed by atoms with Gasteiger partial charge in [-0.1, -0.05) is 38.3 Å². The Hall–Kier alpha value is -2.22. The zero-order valence-corrected chi connectivity index (χ0v) is 20.6. The molecule has 1 aromatic heterocycles. The van der Waals surface area contributed by atoms with Gasteiger partial charge in [0.15, 0.2) is 0 Å². The SMILES string of the molecule is CCC/C(=C\c1ccc(CO)o1)CC[C@@H](O)C1=C(CC)C[C@H]2C(=O)N(CCC)C(=O)[C@H]2[C@H]1CO. The second-order valence-electron chi connectivity index (χ2n) is 9.44. The van der Waals surface area contributed by atoms with E-state index in [0.717, 1.165) is 29.6 Å². The lowest BCUT2D eigenvalue weighted by Crippen LogP contribution is -2.39. The summed E-state index contributed by atoms with van der Waals surface area (Å²) in [4.78, 5) is 27.4. The van der Waals surface area contributed by atoms with E-state index in [1.807, 2.05) is 26.0 Å². The number of rotatable bonds is 12. The number of carbonyl (C=O) groups excluding carboxylic acids is 2. The maximum atomic E-state index is 13.1. The summed E-state index contributed by atoms with van der Waals surface area (Å²) in [5.41, 5.74) is 2.88. The second-order valence-corrected chi connectivity index (χ2v) is 9.44. The molecular weight excluding hydrogens is 434 g/mol. The van der Waals surface area contributed by atoms with Crippen molar-refractivity contribution in [1.82, 2.24) is 4.90 Å². The number of imide groups is 1. The van der Waals surface area contributed by atoms with E-state index >= 15 is 0 Å². The van der Waals surface area contributed by atoms with Gasteiger partial charge in [-0.15, -0.1) is 0 Å². The predicted molar refractivity (Wildman–Crippen MR) is 129 cm³/mol. The van der Waals surface area contributed by atoms with Crippen molar-refractivity contribution in [3.63, 3.8) is 0 Å². The maximum Gasteiger partial charge on any atom is 0.233 e. The van der Waals surface area contributed by atoms with E-state index in [0.29, 0.717) is 50.2 Å². The molecule has 3 N–H and O–H groups in total. The van der Waals surface area contributed by atoms with Crippen LogP contribution in [-0.2, 0) is 16.2 Å². The number of nitrogens with zero attached hydrogens (tertiary/aromatic N) is 1. The normalized spacial score (nSPS) is 24.2. The molecule has 0 spiro atoms. The lowest BCUT2D eigenvalue weighted by atomic mass is 9.67. The minimum Gasteiger partial charge on any atom is -0.459 e. The fourth-order valence-electron chi connectivity index (χ4n) is 5.63. The molecule has 0 saturated carbocycles. The minimum atomic E-state index is -0.791. The van der Waals surface area contributed by atoms with Crippen LogP contribution in [0.2, 0.25) is 0 Å². The van der Waals surface area contributed by atoms with Gasteiger partial charge in [0.2, 0.25) is 11.8 Å². The summed E-state index contributed by atoms with van der Waals surface area (Å²) >= 11 is 0. The lowest BCUT2D eigenvalue weighted by Gasteiger charge is -2.36. The molecular formula is C27H39NO6. The smallest absolute Gasteiger partial charge is 0.233 e. The van der Waals surface area contributed by atoms with E-state index in [9.17, 15) is 24.9 Å². The third-order valence-electron chi connectivity index (χ3n) is 7.20. The first-order valence-corrected chi connectivity index (χ1v) is 12.6. The monoisotopic (exact) mass is 473 g/mol. The number of hydrogen-bond acceptors (Lipinski definition) is 6. The van der Waals surface area contributed by atoms with Gasteiger partial charge >= 0.3 is 0 Å². The molecule has 0 unspecified atom stereocenters. The summed E-state index contributed by atoms with van der Waals surface area (Å²) in [6.45, 7) is 6.02. The molecule has 1 saturated heterocycles. The van der Waals surface area contributed by atoms with Crippen molar-refractivity contribution >= 4 is 17.9 Å². The Morgan fingerprint density at radius 3 is 2.50 bits per heavy atom. The molecule has 2 aliphatic rings. The molecule has 34 heavy (non-hydrogen) atoms. The van der Waals surface area contributed by atoms with Crippen LogP contribution in [0.1, 0.15) is 77.2 Å². The summed E-state index contributed by atoms with van der Waals surface area (Å²) < 4.78 is 5.60. The molecule has 3 rings (SSSR count). The van der Waals surface area contributed by atoms with Crippen LogP contribution in [0.4, 0.5) is 0 Å². The fourth-order valence-corrected chi connectivity index (χ4v) is 5.63. The predicted octanol–water partition coefficient (Wildman–Crippen LogP) is 3.83. The second kappa shape index (κ2) is 12.0. The summed E-state index contributed by atoms with van der Waals surface area (Å²) in [6, 6.07) is 3.57. The third-order valence-corrected chi connectivity index (χ3v) is 7.20. The van der Waals surface area contributed by atoms with E-state index in [4.69, 9.17) is 4.42 Å². The fraction of sp³-hybridized carbons (Fsp3) is 0.630. The van der Waals surface area contributed by atoms with E-state index in [-0.39, 0.29) is 25.0 Å². The van der Waals surface area contributed by atoms with Crippen LogP contribution in [0.3, 0.4) is 0 Å². The van der Waals surface area contributed by atoms with Gasteiger partial charge in [-0.3, -0.25) is 14.5 Å². The highest BCUT2D eigenvalue weighted by atomic mass is 16.4. The van der Waals surface area contributed by atoms with Crippen molar-refractivity contribution < 1.29 is 29.3 Å². The highest BCUT2D eigenvalue weighted by Gasteiger charge is 2.54. The molecule has 1 aromatic rings. The number of furan rings is 1. The van der Waals surface area contributed by atoms with E-state index in [1.54, 1.807) is 6.07 Å². The van der Waals surface area contributed by atoms with Crippen LogP contribution >= 0.6 is 0 Å². The average molecular weight is 474 g/mol. The number of aliphatic hydroxyl groups is 3.